The van der Waals surface area contributed by atoms with Crippen LogP contribution in [0.1, 0.15) is 54.9 Å². The second-order valence-electron chi connectivity index (χ2n) is 6.93. The average molecular weight is 418 g/mol. The molecule has 0 bridgehead atoms. The smallest absolute Gasteiger partial charge is 0.419 e. The average Bonchev–Trinajstić information content (AvgIpc) is 2.65. The molecule has 2 aromatic rings. The first-order chi connectivity index (χ1) is 13.6. The standard InChI is InChI=1S/C22H24F6O/c1-2-3-4-6-17-10-13-20(19(15-17)22(26,27)28)29-14-5-7-16-8-11-18(12-9-16)21(23,24)25/h8-13,15H,2-7,14H2,1H3. The van der Waals surface area contributed by atoms with Gasteiger partial charge in [-0.1, -0.05) is 38.0 Å². The summed E-state index contributed by atoms with van der Waals surface area (Å²) in [7, 11) is 0. The Morgan fingerprint density at radius 2 is 1.34 bits per heavy atom. The van der Waals surface area contributed by atoms with E-state index in [1.807, 2.05) is 6.92 Å². The van der Waals surface area contributed by atoms with Crippen molar-refractivity contribution in [1.82, 2.24) is 0 Å². The Kier molecular flexibility index (Phi) is 7.99. The van der Waals surface area contributed by atoms with Crippen LogP contribution in [0.4, 0.5) is 26.3 Å². The van der Waals surface area contributed by atoms with Gasteiger partial charge in [-0.2, -0.15) is 26.3 Å². The van der Waals surface area contributed by atoms with Gasteiger partial charge in [0.2, 0.25) is 0 Å². The van der Waals surface area contributed by atoms with Crippen LogP contribution < -0.4 is 4.74 Å². The van der Waals surface area contributed by atoms with E-state index in [0.717, 1.165) is 37.5 Å². The Morgan fingerprint density at radius 3 is 1.93 bits per heavy atom. The summed E-state index contributed by atoms with van der Waals surface area (Å²) in [4.78, 5) is 0. The molecule has 7 heteroatoms. The van der Waals surface area contributed by atoms with Gasteiger partial charge in [0.05, 0.1) is 17.7 Å². The Morgan fingerprint density at radius 1 is 0.724 bits per heavy atom. The largest absolute Gasteiger partial charge is 0.493 e. The summed E-state index contributed by atoms with van der Waals surface area (Å²) in [5.41, 5.74) is -0.223. The molecule has 0 heterocycles. The van der Waals surface area contributed by atoms with Crippen molar-refractivity contribution in [3.8, 4) is 5.75 Å². The molecule has 160 valence electrons. The highest BCUT2D eigenvalue weighted by Crippen LogP contribution is 2.37. The molecular formula is C22H24F6O. The fourth-order valence-corrected chi connectivity index (χ4v) is 2.98. The lowest BCUT2D eigenvalue weighted by Crippen LogP contribution is -2.10. The molecule has 0 aliphatic heterocycles. The molecule has 0 N–H and O–H groups in total. The molecule has 0 saturated heterocycles. The van der Waals surface area contributed by atoms with Crippen molar-refractivity contribution >= 4 is 0 Å². The molecule has 29 heavy (non-hydrogen) atoms. The molecule has 0 aliphatic rings. The number of halogens is 6. The molecule has 0 amide bonds. The molecule has 0 aromatic heterocycles. The molecule has 0 aliphatic carbocycles. The van der Waals surface area contributed by atoms with Gasteiger partial charge in [0.1, 0.15) is 5.75 Å². The molecule has 0 atom stereocenters. The second-order valence-corrected chi connectivity index (χ2v) is 6.93. The van der Waals surface area contributed by atoms with E-state index in [1.165, 1.54) is 18.2 Å². The Balaban J connectivity index is 1.94. The number of benzene rings is 2. The third kappa shape index (κ3) is 7.29. The van der Waals surface area contributed by atoms with Crippen molar-refractivity contribution in [3.63, 3.8) is 0 Å². The first-order valence-electron chi connectivity index (χ1n) is 9.60. The second kappa shape index (κ2) is 10.0. The summed E-state index contributed by atoms with van der Waals surface area (Å²) >= 11 is 0. The fourth-order valence-electron chi connectivity index (χ4n) is 2.98. The highest BCUT2D eigenvalue weighted by molar-refractivity contribution is 5.39. The Labute approximate surface area is 166 Å². The van der Waals surface area contributed by atoms with Gasteiger partial charge in [-0.3, -0.25) is 0 Å². The van der Waals surface area contributed by atoms with Crippen LogP contribution in [0.25, 0.3) is 0 Å². The maximum absolute atomic E-state index is 13.4. The van der Waals surface area contributed by atoms with E-state index < -0.39 is 23.5 Å². The Bertz CT molecular complexity index is 762. The van der Waals surface area contributed by atoms with Gasteiger partial charge < -0.3 is 4.74 Å². The predicted molar refractivity (Wildman–Crippen MR) is 99.9 cm³/mol. The number of hydrogen-bond donors (Lipinski definition) is 0. The van der Waals surface area contributed by atoms with E-state index in [0.29, 0.717) is 30.4 Å². The molecule has 0 radical (unpaired) electrons. The monoisotopic (exact) mass is 418 g/mol. The number of hydrogen-bond acceptors (Lipinski definition) is 1. The zero-order chi connectivity index (χ0) is 21.5. The van der Waals surface area contributed by atoms with Crippen molar-refractivity contribution in [2.75, 3.05) is 6.61 Å². The van der Waals surface area contributed by atoms with Crippen LogP contribution in [0.5, 0.6) is 5.75 Å². The molecule has 0 fully saturated rings. The van der Waals surface area contributed by atoms with Gasteiger partial charge in [0, 0.05) is 0 Å². The van der Waals surface area contributed by atoms with Crippen LogP contribution in [0.15, 0.2) is 42.5 Å². The third-order valence-corrected chi connectivity index (χ3v) is 4.57. The van der Waals surface area contributed by atoms with Gasteiger partial charge in [0.25, 0.3) is 0 Å². The fraction of sp³-hybridized carbons (Fsp3) is 0.455. The lowest BCUT2D eigenvalue weighted by atomic mass is 10.0. The number of aryl methyl sites for hydroxylation is 2. The van der Waals surface area contributed by atoms with Gasteiger partial charge in [-0.05, 0) is 61.1 Å². The molecule has 1 nitrogen and oxygen atoms in total. The van der Waals surface area contributed by atoms with E-state index in [1.54, 1.807) is 6.07 Å². The highest BCUT2D eigenvalue weighted by Gasteiger charge is 2.34. The first kappa shape index (κ1) is 23.1. The van der Waals surface area contributed by atoms with Crippen LogP contribution in [0, 0.1) is 0 Å². The normalized spacial score (nSPS) is 12.2. The van der Waals surface area contributed by atoms with Crippen molar-refractivity contribution in [1.29, 1.82) is 0 Å². The highest BCUT2D eigenvalue weighted by atomic mass is 19.4. The zero-order valence-electron chi connectivity index (χ0n) is 16.2. The number of rotatable bonds is 9. The van der Waals surface area contributed by atoms with E-state index in [-0.39, 0.29) is 12.4 Å². The summed E-state index contributed by atoms with van der Waals surface area (Å²) in [5.74, 6) is -0.218. The molecule has 2 rings (SSSR count). The van der Waals surface area contributed by atoms with Crippen molar-refractivity contribution in [2.24, 2.45) is 0 Å². The van der Waals surface area contributed by atoms with Gasteiger partial charge >= 0.3 is 12.4 Å². The van der Waals surface area contributed by atoms with E-state index in [2.05, 4.69) is 0 Å². The van der Waals surface area contributed by atoms with E-state index in [4.69, 9.17) is 4.74 Å². The minimum Gasteiger partial charge on any atom is -0.493 e. The maximum atomic E-state index is 13.4. The molecule has 2 aromatic carbocycles. The van der Waals surface area contributed by atoms with Crippen LogP contribution in [0.3, 0.4) is 0 Å². The minimum absolute atomic E-state index is 0.0410. The summed E-state index contributed by atoms with van der Waals surface area (Å²) in [6.45, 7) is 2.07. The predicted octanol–water partition coefficient (Wildman–Crippen LogP) is 7.47. The zero-order valence-corrected chi connectivity index (χ0v) is 16.2. The van der Waals surface area contributed by atoms with Gasteiger partial charge in [-0.25, -0.2) is 0 Å². The molecule has 0 saturated carbocycles. The molecule has 0 spiro atoms. The maximum Gasteiger partial charge on any atom is 0.419 e. The summed E-state index contributed by atoms with van der Waals surface area (Å²) < 4.78 is 83.1. The number of alkyl halides is 6. The van der Waals surface area contributed by atoms with Crippen molar-refractivity contribution in [2.45, 2.75) is 57.8 Å². The van der Waals surface area contributed by atoms with E-state index in [9.17, 15) is 26.3 Å². The van der Waals surface area contributed by atoms with Crippen molar-refractivity contribution in [3.05, 3.63) is 64.7 Å². The topological polar surface area (TPSA) is 9.23 Å². The van der Waals surface area contributed by atoms with Gasteiger partial charge in [-0.15, -0.1) is 0 Å². The number of unbranched alkanes of at least 4 members (excludes halogenated alkanes) is 2. The first-order valence-corrected chi connectivity index (χ1v) is 9.60. The van der Waals surface area contributed by atoms with Crippen LogP contribution in [-0.2, 0) is 25.2 Å². The SMILES string of the molecule is CCCCCc1ccc(OCCCc2ccc(C(F)(F)F)cc2)c(C(F)(F)F)c1. The van der Waals surface area contributed by atoms with Crippen LogP contribution in [-0.4, -0.2) is 6.61 Å². The summed E-state index contributed by atoms with van der Waals surface area (Å²) in [6, 6.07) is 8.87. The minimum atomic E-state index is -4.51. The molecular weight excluding hydrogens is 394 g/mol. The van der Waals surface area contributed by atoms with E-state index >= 15 is 0 Å². The van der Waals surface area contributed by atoms with Gasteiger partial charge in [0.15, 0.2) is 0 Å². The summed E-state index contributed by atoms with van der Waals surface area (Å²) in [6.07, 6.45) is -4.72. The third-order valence-electron chi connectivity index (χ3n) is 4.57. The van der Waals surface area contributed by atoms with Crippen LogP contribution >= 0.6 is 0 Å². The van der Waals surface area contributed by atoms with Crippen molar-refractivity contribution < 1.29 is 31.1 Å². The van der Waals surface area contributed by atoms with Crippen LogP contribution in [0.2, 0.25) is 0 Å². The molecule has 0 unspecified atom stereocenters. The lowest BCUT2D eigenvalue weighted by molar-refractivity contribution is -0.139. The quantitative estimate of drug-likeness (QED) is 0.303. The number of ether oxygens (including phenoxy) is 1. The Hall–Kier alpha value is -2.18. The lowest BCUT2D eigenvalue weighted by Gasteiger charge is -2.15. The summed E-state index contributed by atoms with van der Waals surface area (Å²) in [5, 5.41) is 0.